The third kappa shape index (κ3) is 3.92. The van der Waals surface area contributed by atoms with Crippen LogP contribution in [0.1, 0.15) is 12.8 Å². The zero-order chi connectivity index (χ0) is 16.1. The lowest BCUT2D eigenvalue weighted by Gasteiger charge is -2.29. The van der Waals surface area contributed by atoms with Crippen molar-refractivity contribution in [2.24, 2.45) is 0 Å². The Bertz CT molecular complexity index is 587. The van der Waals surface area contributed by atoms with Gasteiger partial charge in [0.05, 0.1) is 0 Å². The van der Waals surface area contributed by atoms with Crippen molar-refractivity contribution >= 4 is 24.6 Å². The van der Waals surface area contributed by atoms with Crippen LogP contribution in [0.15, 0.2) is 60.7 Å². The highest BCUT2D eigenvalue weighted by Gasteiger charge is 2.24. The lowest BCUT2D eigenvalue weighted by Crippen LogP contribution is -2.40. The number of rotatable bonds is 4. The highest BCUT2D eigenvalue weighted by atomic mass is 31.1. The molecule has 3 rings (SSSR count). The summed E-state index contributed by atoms with van der Waals surface area (Å²) in [5, 5.41) is 2.63. The molecule has 1 aliphatic rings. The van der Waals surface area contributed by atoms with E-state index in [1.54, 1.807) is 0 Å². The summed E-state index contributed by atoms with van der Waals surface area (Å²) < 4.78 is 0. The minimum Gasteiger partial charge on any atom is -0.325 e. The third-order valence-corrected chi connectivity index (χ3v) is 6.74. The molecule has 0 saturated carbocycles. The summed E-state index contributed by atoms with van der Waals surface area (Å²) in [6.45, 7) is 1.80. The largest absolute Gasteiger partial charge is 0.325 e. The summed E-state index contributed by atoms with van der Waals surface area (Å²) in [6.07, 6.45) is 3.02. The molecule has 2 aromatic carbocycles. The Labute approximate surface area is 139 Å². The van der Waals surface area contributed by atoms with Crippen LogP contribution < -0.4 is 10.6 Å². The summed E-state index contributed by atoms with van der Waals surface area (Å²) in [4.78, 5) is 16.5. The second kappa shape index (κ2) is 7.61. The summed E-state index contributed by atoms with van der Waals surface area (Å²) in [5.74, 6) is 0. The Hall–Kier alpha value is -1.86. The number of carbonyl (C=O) groups excluding carboxylic acids is 1. The Morgan fingerprint density at radius 3 is 1.91 bits per heavy atom. The van der Waals surface area contributed by atoms with Gasteiger partial charge in [0.15, 0.2) is 0 Å². The van der Waals surface area contributed by atoms with E-state index in [-0.39, 0.29) is 6.03 Å². The molecule has 0 bridgehead atoms. The van der Waals surface area contributed by atoms with Gasteiger partial charge in [-0.1, -0.05) is 60.7 Å². The number of hydrogen-bond donors (Lipinski definition) is 0. The SMILES string of the molecule is CN(CP(c1ccccc1)c1ccccc1)C(=O)N1CCCC1. The van der Waals surface area contributed by atoms with Crippen molar-refractivity contribution in [2.45, 2.75) is 12.8 Å². The van der Waals surface area contributed by atoms with Gasteiger partial charge in [-0.05, 0) is 31.4 Å². The maximum absolute atomic E-state index is 12.6. The minimum absolute atomic E-state index is 0.168. The molecule has 0 radical (unpaired) electrons. The molecule has 0 unspecified atom stereocenters. The van der Waals surface area contributed by atoms with Crippen LogP contribution in [-0.4, -0.2) is 42.3 Å². The second-order valence-corrected chi connectivity index (χ2v) is 8.09. The highest BCUT2D eigenvalue weighted by Crippen LogP contribution is 2.34. The number of nitrogens with zero attached hydrogens (tertiary/aromatic N) is 2. The quantitative estimate of drug-likeness (QED) is 0.791. The molecule has 0 aromatic heterocycles. The van der Waals surface area contributed by atoms with E-state index in [0.717, 1.165) is 32.2 Å². The summed E-state index contributed by atoms with van der Waals surface area (Å²) in [5.41, 5.74) is 0. The first-order valence-corrected chi connectivity index (χ1v) is 9.66. The molecule has 1 saturated heterocycles. The van der Waals surface area contributed by atoms with Crippen LogP contribution in [0.4, 0.5) is 4.79 Å². The monoisotopic (exact) mass is 326 g/mol. The van der Waals surface area contributed by atoms with Crippen molar-refractivity contribution in [1.29, 1.82) is 0 Å². The van der Waals surface area contributed by atoms with E-state index in [1.165, 1.54) is 10.6 Å². The van der Waals surface area contributed by atoms with E-state index in [4.69, 9.17) is 0 Å². The van der Waals surface area contributed by atoms with Crippen LogP contribution in [-0.2, 0) is 0 Å². The first-order chi connectivity index (χ1) is 11.3. The fourth-order valence-electron chi connectivity index (χ4n) is 2.95. The van der Waals surface area contributed by atoms with Gasteiger partial charge in [-0.25, -0.2) is 4.79 Å². The Kier molecular flexibility index (Phi) is 5.30. The van der Waals surface area contributed by atoms with Gasteiger partial charge in [0, 0.05) is 26.4 Å². The predicted octanol–water partition coefficient (Wildman–Crippen LogP) is 3.22. The molecule has 120 valence electrons. The maximum atomic E-state index is 12.6. The second-order valence-electron chi connectivity index (χ2n) is 5.92. The van der Waals surface area contributed by atoms with E-state index >= 15 is 0 Å². The van der Waals surface area contributed by atoms with Crippen LogP contribution in [0.5, 0.6) is 0 Å². The molecular weight excluding hydrogens is 303 g/mol. The molecule has 0 aliphatic carbocycles. The van der Waals surface area contributed by atoms with Crippen molar-refractivity contribution in [2.75, 3.05) is 26.4 Å². The number of benzene rings is 2. The smallest absolute Gasteiger partial charge is 0.320 e. The first-order valence-electron chi connectivity index (χ1n) is 8.13. The van der Waals surface area contributed by atoms with Gasteiger partial charge in [0.2, 0.25) is 0 Å². The predicted molar refractivity (Wildman–Crippen MR) is 97.9 cm³/mol. The number of urea groups is 1. The van der Waals surface area contributed by atoms with Gasteiger partial charge in [-0.3, -0.25) is 0 Å². The van der Waals surface area contributed by atoms with Gasteiger partial charge in [-0.2, -0.15) is 0 Å². The molecule has 23 heavy (non-hydrogen) atoms. The van der Waals surface area contributed by atoms with E-state index < -0.39 is 7.92 Å². The Morgan fingerprint density at radius 2 is 1.43 bits per heavy atom. The fraction of sp³-hybridized carbons (Fsp3) is 0.316. The van der Waals surface area contributed by atoms with Crippen LogP contribution in [0.3, 0.4) is 0 Å². The van der Waals surface area contributed by atoms with Crippen LogP contribution >= 0.6 is 7.92 Å². The molecule has 4 heteroatoms. The number of hydrogen-bond acceptors (Lipinski definition) is 1. The minimum atomic E-state index is -0.559. The zero-order valence-corrected chi connectivity index (χ0v) is 14.5. The molecule has 2 amide bonds. The molecule has 3 nitrogen and oxygen atoms in total. The van der Waals surface area contributed by atoms with E-state index in [0.29, 0.717) is 0 Å². The zero-order valence-electron chi connectivity index (χ0n) is 13.6. The standard InChI is InChI=1S/C19H23N2OP/c1-20(19(22)21-14-8-9-15-21)16-23(17-10-4-2-5-11-17)18-12-6-3-7-13-18/h2-7,10-13H,8-9,14-16H2,1H3. The number of amides is 2. The molecule has 1 fully saturated rings. The van der Waals surface area contributed by atoms with Crippen molar-refractivity contribution in [3.8, 4) is 0 Å². The van der Waals surface area contributed by atoms with Gasteiger partial charge >= 0.3 is 6.03 Å². The molecule has 0 N–H and O–H groups in total. The Balaban J connectivity index is 1.80. The van der Waals surface area contributed by atoms with Gasteiger partial charge in [0.1, 0.15) is 0 Å². The van der Waals surface area contributed by atoms with E-state index in [1.807, 2.05) is 29.0 Å². The fourth-order valence-corrected chi connectivity index (χ4v) is 5.18. The van der Waals surface area contributed by atoms with Gasteiger partial charge in [-0.15, -0.1) is 0 Å². The van der Waals surface area contributed by atoms with E-state index in [2.05, 4.69) is 48.5 Å². The molecule has 0 spiro atoms. The van der Waals surface area contributed by atoms with Crippen LogP contribution in [0.2, 0.25) is 0 Å². The first kappa shape index (κ1) is 16.0. The molecule has 1 aliphatic heterocycles. The average Bonchev–Trinajstić information content (AvgIpc) is 3.15. The number of carbonyl (C=O) groups is 1. The molecule has 0 atom stereocenters. The Morgan fingerprint density at radius 1 is 0.957 bits per heavy atom. The maximum Gasteiger partial charge on any atom is 0.320 e. The third-order valence-electron chi connectivity index (χ3n) is 4.19. The van der Waals surface area contributed by atoms with Crippen LogP contribution in [0.25, 0.3) is 0 Å². The lowest BCUT2D eigenvalue weighted by molar-refractivity contribution is 0.180. The molecule has 1 heterocycles. The van der Waals surface area contributed by atoms with Gasteiger partial charge < -0.3 is 9.80 Å². The summed E-state index contributed by atoms with van der Waals surface area (Å²) in [7, 11) is 1.37. The highest BCUT2D eigenvalue weighted by molar-refractivity contribution is 7.72. The lowest BCUT2D eigenvalue weighted by atomic mass is 10.4. The van der Waals surface area contributed by atoms with Gasteiger partial charge in [0.25, 0.3) is 0 Å². The van der Waals surface area contributed by atoms with Crippen molar-refractivity contribution in [3.05, 3.63) is 60.7 Å². The van der Waals surface area contributed by atoms with Crippen molar-refractivity contribution in [3.63, 3.8) is 0 Å². The molecule has 2 aromatic rings. The van der Waals surface area contributed by atoms with Crippen molar-refractivity contribution in [1.82, 2.24) is 9.80 Å². The van der Waals surface area contributed by atoms with Crippen molar-refractivity contribution < 1.29 is 4.79 Å². The number of likely N-dealkylation sites (tertiary alicyclic amines) is 1. The van der Waals surface area contributed by atoms with E-state index in [9.17, 15) is 4.79 Å². The summed E-state index contributed by atoms with van der Waals surface area (Å²) >= 11 is 0. The normalized spacial score (nSPS) is 14.3. The summed E-state index contributed by atoms with van der Waals surface area (Å²) in [6, 6.07) is 21.3. The molecular formula is C19H23N2OP. The van der Waals surface area contributed by atoms with Crippen LogP contribution in [0, 0.1) is 0 Å². The topological polar surface area (TPSA) is 23.6 Å². The average molecular weight is 326 g/mol.